The molecular weight excluding hydrogens is 118 g/mol. The molecular formula is C6H11NO2. The molecule has 1 aliphatic rings. The Labute approximate surface area is 54.2 Å². The number of methoxy groups -OCH3 is 1. The highest BCUT2D eigenvalue weighted by Crippen LogP contribution is 2.35. The summed E-state index contributed by atoms with van der Waals surface area (Å²) >= 11 is 0. The number of esters is 1. The predicted octanol–water partition coefficient (Wildman–Crippen LogP) is 0.0408. The summed E-state index contributed by atoms with van der Waals surface area (Å²) < 4.78 is 4.45. The van der Waals surface area contributed by atoms with E-state index in [2.05, 4.69) is 4.74 Å². The highest BCUT2D eigenvalue weighted by molar-refractivity contribution is 5.71. The zero-order valence-corrected chi connectivity index (χ0v) is 5.52. The van der Waals surface area contributed by atoms with Crippen LogP contribution in [0.15, 0.2) is 0 Å². The fourth-order valence-electron chi connectivity index (χ4n) is 0.697. The van der Waals surface area contributed by atoms with Crippen LogP contribution >= 0.6 is 0 Å². The molecule has 0 unspecified atom stereocenters. The number of rotatable bonds is 2. The van der Waals surface area contributed by atoms with Gasteiger partial charge in [-0.15, -0.1) is 0 Å². The first-order chi connectivity index (χ1) is 4.16. The van der Waals surface area contributed by atoms with E-state index >= 15 is 0 Å². The topological polar surface area (TPSA) is 52.3 Å². The maximum absolute atomic E-state index is 10.6. The van der Waals surface area contributed by atoms with Gasteiger partial charge >= 0.3 is 5.97 Å². The van der Waals surface area contributed by atoms with Crippen molar-refractivity contribution in [1.29, 1.82) is 0 Å². The van der Waals surface area contributed by atoms with Crippen molar-refractivity contribution in [2.45, 2.75) is 24.8 Å². The lowest BCUT2D eigenvalue weighted by Gasteiger charge is -2.04. The highest BCUT2D eigenvalue weighted by Gasteiger charge is 2.40. The van der Waals surface area contributed by atoms with Crippen LogP contribution in [-0.4, -0.2) is 18.6 Å². The Morgan fingerprint density at radius 1 is 1.78 bits per heavy atom. The van der Waals surface area contributed by atoms with E-state index in [0.29, 0.717) is 6.42 Å². The molecule has 0 amide bonds. The summed E-state index contributed by atoms with van der Waals surface area (Å²) in [5.74, 6) is -0.199. The van der Waals surface area contributed by atoms with Gasteiger partial charge in [-0.2, -0.15) is 0 Å². The molecule has 52 valence electrons. The Hall–Kier alpha value is -0.570. The summed E-state index contributed by atoms with van der Waals surface area (Å²) in [4.78, 5) is 10.6. The third kappa shape index (κ3) is 1.68. The Bertz CT molecular complexity index is 129. The molecule has 0 spiro atoms. The third-order valence-corrected chi connectivity index (χ3v) is 1.62. The van der Waals surface area contributed by atoms with Crippen LogP contribution in [-0.2, 0) is 9.53 Å². The Morgan fingerprint density at radius 3 is 2.67 bits per heavy atom. The summed E-state index contributed by atoms with van der Waals surface area (Å²) in [7, 11) is 1.38. The van der Waals surface area contributed by atoms with Crippen LogP contribution in [0.1, 0.15) is 19.3 Å². The maximum Gasteiger partial charge on any atom is 0.307 e. The minimum absolute atomic E-state index is 0.199. The fourth-order valence-corrected chi connectivity index (χ4v) is 0.697. The lowest BCUT2D eigenvalue weighted by molar-refractivity contribution is -0.141. The summed E-state index contributed by atoms with van der Waals surface area (Å²) in [5, 5.41) is 0. The number of carbonyl (C=O) groups excluding carboxylic acids is 1. The lowest BCUT2D eigenvalue weighted by Crippen LogP contribution is -2.25. The number of ether oxygens (including phenoxy) is 1. The zero-order valence-electron chi connectivity index (χ0n) is 5.52. The van der Waals surface area contributed by atoms with Crippen LogP contribution in [0.4, 0.5) is 0 Å². The smallest absolute Gasteiger partial charge is 0.307 e. The molecule has 0 aromatic rings. The molecule has 1 aliphatic carbocycles. The van der Waals surface area contributed by atoms with E-state index < -0.39 is 0 Å². The van der Waals surface area contributed by atoms with Crippen molar-refractivity contribution < 1.29 is 9.53 Å². The molecule has 3 nitrogen and oxygen atoms in total. The van der Waals surface area contributed by atoms with Crippen molar-refractivity contribution in [3.8, 4) is 0 Å². The van der Waals surface area contributed by atoms with Gasteiger partial charge in [0.2, 0.25) is 0 Å². The van der Waals surface area contributed by atoms with Gasteiger partial charge in [0.1, 0.15) is 0 Å². The van der Waals surface area contributed by atoms with Gasteiger partial charge in [0, 0.05) is 5.54 Å². The van der Waals surface area contributed by atoms with E-state index in [0.717, 1.165) is 12.8 Å². The van der Waals surface area contributed by atoms with Gasteiger partial charge in [0.15, 0.2) is 0 Å². The average molecular weight is 129 g/mol. The lowest BCUT2D eigenvalue weighted by atomic mass is 10.2. The maximum atomic E-state index is 10.6. The Kier molecular flexibility index (Phi) is 1.45. The molecule has 2 N–H and O–H groups in total. The van der Waals surface area contributed by atoms with Crippen molar-refractivity contribution in [1.82, 2.24) is 0 Å². The van der Waals surface area contributed by atoms with Gasteiger partial charge in [-0.05, 0) is 12.8 Å². The molecule has 0 aromatic heterocycles. The number of hydrogen-bond acceptors (Lipinski definition) is 3. The Morgan fingerprint density at radius 2 is 2.33 bits per heavy atom. The van der Waals surface area contributed by atoms with Gasteiger partial charge in [-0.3, -0.25) is 4.79 Å². The van der Waals surface area contributed by atoms with Crippen LogP contribution in [0.25, 0.3) is 0 Å². The molecule has 1 rings (SSSR count). The van der Waals surface area contributed by atoms with E-state index in [1.54, 1.807) is 0 Å². The van der Waals surface area contributed by atoms with Crippen LogP contribution in [0, 0.1) is 0 Å². The second-order valence-corrected chi connectivity index (χ2v) is 2.62. The Balaban J connectivity index is 2.25. The average Bonchev–Trinajstić information content (AvgIpc) is 2.48. The monoisotopic (exact) mass is 129 g/mol. The molecule has 3 heteroatoms. The summed E-state index contributed by atoms with van der Waals surface area (Å²) in [6.07, 6.45) is 2.30. The molecule has 0 heterocycles. The largest absolute Gasteiger partial charge is 0.469 e. The summed E-state index contributed by atoms with van der Waals surface area (Å²) in [6, 6.07) is 0. The van der Waals surface area contributed by atoms with Crippen molar-refractivity contribution >= 4 is 5.97 Å². The minimum atomic E-state index is -0.201. The van der Waals surface area contributed by atoms with E-state index in [9.17, 15) is 4.79 Å². The molecule has 0 radical (unpaired) electrons. The highest BCUT2D eigenvalue weighted by atomic mass is 16.5. The van der Waals surface area contributed by atoms with Gasteiger partial charge < -0.3 is 10.5 Å². The molecule has 0 atom stereocenters. The zero-order chi connectivity index (χ0) is 6.91. The molecule has 0 aromatic carbocycles. The molecule has 0 saturated heterocycles. The fraction of sp³-hybridized carbons (Fsp3) is 0.833. The van der Waals surface area contributed by atoms with Gasteiger partial charge in [0.25, 0.3) is 0 Å². The third-order valence-electron chi connectivity index (χ3n) is 1.62. The van der Waals surface area contributed by atoms with Gasteiger partial charge in [-0.1, -0.05) is 0 Å². The summed E-state index contributed by atoms with van der Waals surface area (Å²) in [6.45, 7) is 0. The van der Waals surface area contributed by atoms with Crippen LogP contribution in [0.3, 0.4) is 0 Å². The number of carbonyl (C=O) groups is 1. The van der Waals surface area contributed by atoms with E-state index in [1.807, 2.05) is 0 Å². The van der Waals surface area contributed by atoms with E-state index in [-0.39, 0.29) is 11.5 Å². The molecule has 1 saturated carbocycles. The second kappa shape index (κ2) is 1.99. The first-order valence-electron chi connectivity index (χ1n) is 3.02. The standard InChI is InChI=1S/C6H11NO2/c1-9-5(8)4-6(7)2-3-6/h2-4,7H2,1H3. The number of nitrogens with two attached hydrogens (primary N) is 1. The van der Waals surface area contributed by atoms with Crippen LogP contribution < -0.4 is 5.73 Å². The van der Waals surface area contributed by atoms with E-state index in [4.69, 9.17) is 5.73 Å². The minimum Gasteiger partial charge on any atom is -0.469 e. The van der Waals surface area contributed by atoms with Crippen LogP contribution in [0.5, 0.6) is 0 Å². The van der Waals surface area contributed by atoms with Crippen molar-refractivity contribution in [2.24, 2.45) is 5.73 Å². The first kappa shape index (κ1) is 6.55. The second-order valence-electron chi connectivity index (χ2n) is 2.62. The van der Waals surface area contributed by atoms with E-state index in [1.165, 1.54) is 7.11 Å². The SMILES string of the molecule is COC(=O)CC1(N)CC1. The molecule has 9 heavy (non-hydrogen) atoms. The normalized spacial score (nSPS) is 21.1. The predicted molar refractivity (Wildman–Crippen MR) is 32.8 cm³/mol. The van der Waals surface area contributed by atoms with Crippen LogP contribution in [0.2, 0.25) is 0 Å². The molecule has 0 bridgehead atoms. The van der Waals surface area contributed by atoms with Crippen molar-refractivity contribution in [2.75, 3.05) is 7.11 Å². The van der Waals surface area contributed by atoms with Crippen molar-refractivity contribution in [3.63, 3.8) is 0 Å². The number of hydrogen-bond donors (Lipinski definition) is 1. The quantitative estimate of drug-likeness (QED) is 0.535. The van der Waals surface area contributed by atoms with Gasteiger partial charge in [0.05, 0.1) is 13.5 Å². The molecule has 0 aliphatic heterocycles. The van der Waals surface area contributed by atoms with Crippen molar-refractivity contribution in [3.05, 3.63) is 0 Å². The molecule has 1 fully saturated rings. The first-order valence-corrected chi connectivity index (χ1v) is 3.02. The summed E-state index contributed by atoms with van der Waals surface area (Å²) in [5.41, 5.74) is 5.42. The van der Waals surface area contributed by atoms with Gasteiger partial charge in [-0.25, -0.2) is 0 Å².